The lowest BCUT2D eigenvalue weighted by molar-refractivity contribution is 1.46. The quantitative estimate of drug-likeness (QED) is 0.305. The second-order valence-corrected chi connectivity index (χ2v) is 8.10. The largest absolute Gasteiger partial charge is 0.356 e. The monoisotopic (exact) mass is 411 g/mol. The molecule has 0 aromatic heterocycles. The molecule has 0 fully saturated rings. The molecule has 0 atom stereocenters. The minimum Gasteiger partial charge on any atom is -0.356 e. The van der Waals surface area contributed by atoms with Gasteiger partial charge in [0.2, 0.25) is 0 Å². The van der Waals surface area contributed by atoms with Gasteiger partial charge in [-0.2, -0.15) is 0 Å². The minimum atomic E-state index is 1.09. The fourth-order valence-corrected chi connectivity index (χ4v) is 4.06. The molecule has 154 valence electrons. The third-order valence-corrected chi connectivity index (χ3v) is 5.66. The molecule has 0 spiro atoms. The third kappa shape index (κ3) is 4.48. The van der Waals surface area contributed by atoms with E-state index in [9.17, 15) is 0 Å². The molecule has 5 aromatic rings. The van der Waals surface area contributed by atoms with Gasteiger partial charge in [0.05, 0.1) is 0 Å². The van der Waals surface area contributed by atoms with E-state index in [0.717, 1.165) is 11.4 Å². The number of para-hydroxylation sites is 1. The topological polar surface area (TPSA) is 12.0 Å². The maximum atomic E-state index is 3.45. The van der Waals surface area contributed by atoms with Gasteiger partial charge in [-0.15, -0.1) is 0 Å². The van der Waals surface area contributed by atoms with Crippen LogP contribution in [0.5, 0.6) is 0 Å². The van der Waals surface area contributed by atoms with E-state index in [1.54, 1.807) is 0 Å². The molecule has 32 heavy (non-hydrogen) atoms. The van der Waals surface area contributed by atoms with E-state index in [1.807, 2.05) is 18.2 Å². The number of hydrogen-bond donors (Lipinski definition) is 1. The second-order valence-electron chi connectivity index (χ2n) is 8.10. The van der Waals surface area contributed by atoms with Gasteiger partial charge in [0.1, 0.15) is 0 Å². The van der Waals surface area contributed by atoms with E-state index in [-0.39, 0.29) is 0 Å². The smallest absolute Gasteiger partial charge is 0.0384 e. The predicted octanol–water partition coefficient (Wildman–Crippen LogP) is 8.74. The Kier molecular flexibility index (Phi) is 5.55. The Morgan fingerprint density at radius 3 is 1.53 bits per heavy atom. The van der Waals surface area contributed by atoms with Crippen LogP contribution in [0.1, 0.15) is 5.56 Å². The molecule has 0 aliphatic rings. The van der Waals surface area contributed by atoms with Crippen molar-refractivity contribution >= 4 is 11.4 Å². The molecule has 0 heterocycles. The summed E-state index contributed by atoms with van der Waals surface area (Å²) in [5.74, 6) is 0. The van der Waals surface area contributed by atoms with Crippen molar-refractivity contribution in [1.29, 1.82) is 0 Å². The molecule has 5 aromatic carbocycles. The molecule has 1 nitrogen and oxygen atoms in total. The van der Waals surface area contributed by atoms with Gasteiger partial charge < -0.3 is 5.32 Å². The fraction of sp³-hybridized carbons (Fsp3) is 0.0323. The summed E-state index contributed by atoms with van der Waals surface area (Å²) in [6.07, 6.45) is 0. The maximum absolute atomic E-state index is 3.45. The Hall–Kier alpha value is -4.10. The van der Waals surface area contributed by atoms with Crippen molar-refractivity contribution in [2.45, 2.75) is 6.92 Å². The number of rotatable bonds is 5. The van der Waals surface area contributed by atoms with Crippen molar-refractivity contribution in [3.8, 4) is 33.4 Å². The maximum Gasteiger partial charge on any atom is 0.0384 e. The molecule has 0 unspecified atom stereocenters. The van der Waals surface area contributed by atoms with Gasteiger partial charge >= 0.3 is 0 Å². The molecule has 0 amide bonds. The Morgan fingerprint density at radius 1 is 0.375 bits per heavy atom. The fourth-order valence-electron chi connectivity index (χ4n) is 4.06. The van der Waals surface area contributed by atoms with Crippen LogP contribution in [0.3, 0.4) is 0 Å². The molecule has 0 bridgehead atoms. The summed E-state index contributed by atoms with van der Waals surface area (Å²) in [7, 11) is 0. The van der Waals surface area contributed by atoms with Gasteiger partial charge in [-0.25, -0.2) is 0 Å². The van der Waals surface area contributed by atoms with Crippen LogP contribution in [-0.4, -0.2) is 0 Å². The Morgan fingerprint density at radius 2 is 0.844 bits per heavy atom. The number of aryl methyl sites for hydroxylation is 1. The molecule has 0 aliphatic carbocycles. The molecule has 5 rings (SSSR count). The molecular weight excluding hydrogens is 386 g/mol. The van der Waals surface area contributed by atoms with Crippen LogP contribution in [0, 0.1) is 6.92 Å². The van der Waals surface area contributed by atoms with Crippen molar-refractivity contribution in [2.24, 2.45) is 0 Å². The molecule has 1 heteroatoms. The second kappa shape index (κ2) is 8.95. The molecule has 0 saturated heterocycles. The van der Waals surface area contributed by atoms with Crippen LogP contribution in [0.4, 0.5) is 11.4 Å². The zero-order valence-corrected chi connectivity index (χ0v) is 18.1. The lowest BCUT2D eigenvalue weighted by atomic mass is 9.94. The third-order valence-electron chi connectivity index (χ3n) is 5.66. The summed E-state index contributed by atoms with van der Waals surface area (Å²) in [6, 6.07) is 45.0. The van der Waals surface area contributed by atoms with Crippen molar-refractivity contribution < 1.29 is 0 Å². The predicted molar refractivity (Wildman–Crippen MR) is 137 cm³/mol. The van der Waals surface area contributed by atoms with Gasteiger partial charge in [0, 0.05) is 11.4 Å². The summed E-state index contributed by atoms with van der Waals surface area (Å²) in [5, 5.41) is 3.45. The zero-order chi connectivity index (χ0) is 21.8. The Labute approximate surface area is 190 Å². The van der Waals surface area contributed by atoms with E-state index >= 15 is 0 Å². The summed E-state index contributed by atoms with van der Waals surface area (Å²) in [6.45, 7) is 2.16. The van der Waals surface area contributed by atoms with Crippen LogP contribution in [0.2, 0.25) is 0 Å². The number of anilines is 2. The minimum absolute atomic E-state index is 1.09. The first-order valence-electron chi connectivity index (χ1n) is 10.9. The molecule has 1 N–H and O–H groups in total. The van der Waals surface area contributed by atoms with Gasteiger partial charge in [-0.05, 0) is 82.3 Å². The highest BCUT2D eigenvalue weighted by molar-refractivity contribution is 5.78. The Bertz CT molecular complexity index is 1320. The average Bonchev–Trinajstić information content (AvgIpc) is 2.85. The standard InChI is InChI=1S/C31H25N/c1-23-19-28(24-9-4-2-5-10-24)22-29(20-23)27-12-8-11-26(21-27)25-15-17-31(18-16-25)32-30-13-6-3-7-14-30/h2-22,32H,1H3. The lowest BCUT2D eigenvalue weighted by Crippen LogP contribution is -1.89. The van der Waals surface area contributed by atoms with E-state index in [2.05, 4.69) is 121 Å². The highest BCUT2D eigenvalue weighted by Gasteiger charge is 2.06. The first-order valence-corrected chi connectivity index (χ1v) is 10.9. The molecule has 0 saturated carbocycles. The highest BCUT2D eigenvalue weighted by atomic mass is 14.9. The van der Waals surface area contributed by atoms with Crippen molar-refractivity contribution in [3.63, 3.8) is 0 Å². The normalized spacial score (nSPS) is 10.7. The summed E-state index contributed by atoms with van der Waals surface area (Å²) < 4.78 is 0. The summed E-state index contributed by atoms with van der Waals surface area (Å²) in [5.41, 5.74) is 10.8. The first kappa shape index (κ1) is 19.8. The van der Waals surface area contributed by atoms with Crippen molar-refractivity contribution in [3.05, 3.63) is 133 Å². The van der Waals surface area contributed by atoms with Gasteiger partial charge in [0.15, 0.2) is 0 Å². The summed E-state index contributed by atoms with van der Waals surface area (Å²) >= 11 is 0. The van der Waals surface area contributed by atoms with Crippen LogP contribution in [-0.2, 0) is 0 Å². The number of hydrogen-bond acceptors (Lipinski definition) is 1. The number of benzene rings is 5. The number of nitrogens with one attached hydrogen (secondary N) is 1. The van der Waals surface area contributed by atoms with E-state index < -0.39 is 0 Å². The Balaban J connectivity index is 1.43. The van der Waals surface area contributed by atoms with Crippen molar-refractivity contribution in [1.82, 2.24) is 0 Å². The highest BCUT2D eigenvalue weighted by Crippen LogP contribution is 2.31. The molecular formula is C31H25N. The van der Waals surface area contributed by atoms with E-state index in [0.29, 0.717) is 0 Å². The lowest BCUT2D eigenvalue weighted by Gasteiger charge is -2.11. The van der Waals surface area contributed by atoms with E-state index in [4.69, 9.17) is 0 Å². The van der Waals surface area contributed by atoms with Gasteiger partial charge in [-0.3, -0.25) is 0 Å². The van der Waals surface area contributed by atoms with Crippen LogP contribution < -0.4 is 5.32 Å². The first-order chi connectivity index (χ1) is 15.7. The zero-order valence-electron chi connectivity index (χ0n) is 18.1. The van der Waals surface area contributed by atoms with Gasteiger partial charge in [0.25, 0.3) is 0 Å². The summed E-state index contributed by atoms with van der Waals surface area (Å²) in [4.78, 5) is 0. The average molecular weight is 412 g/mol. The SMILES string of the molecule is Cc1cc(-c2ccccc2)cc(-c2cccc(-c3ccc(Nc4ccccc4)cc3)c2)c1. The molecule has 0 radical (unpaired) electrons. The van der Waals surface area contributed by atoms with Crippen molar-refractivity contribution in [2.75, 3.05) is 5.32 Å². The molecule has 0 aliphatic heterocycles. The van der Waals surface area contributed by atoms with Crippen LogP contribution >= 0.6 is 0 Å². The van der Waals surface area contributed by atoms with Gasteiger partial charge in [-0.1, -0.05) is 91.0 Å². The van der Waals surface area contributed by atoms with Crippen LogP contribution in [0.15, 0.2) is 127 Å². The van der Waals surface area contributed by atoms with Crippen LogP contribution in [0.25, 0.3) is 33.4 Å². The van der Waals surface area contributed by atoms with E-state index in [1.165, 1.54) is 38.9 Å².